The van der Waals surface area contributed by atoms with Gasteiger partial charge in [-0.1, -0.05) is 25.7 Å². The molecule has 4 atom stereocenters. The number of anilines is 6. The van der Waals surface area contributed by atoms with Gasteiger partial charge in [0.25, 0.3) is 11.8 Å². The van der Waals surface area contributed by atoms with Crippen molar-refractivity contribution in [1.29, 1.82) is 0 Å². The Kier molecular flexibility index (Phi) is 14.6. The van der Waals surface area contributed by atoms with Crippen LogP contribution < -0.4 is 25.8 Å². The van der Waals surface area contributed by atoms with Gasteiger partial charge >= 0.3 is 6.09 Å². The van der Waals surface area contributed by atoms with Crippen molar-refractivity contribution in [1.82, 2.24) is 59.1 Å². The third-order valence-electron chi connectivity index (χ3n) is 19.3. The van der Waals surface area contributed by atoms with Crippen LogP contribution in [0.2, 0.25) is 0 Å². The van der Waals surface area contributed by atoms with Gasteiger partial charge in [-0.15, -0.1) is 0 Å². The van der Waals surface area contributed by atoms with Gasteiger partial charge in [0, 0.05) is 124 Å². The minimum absolute atomic E-state index is 0.0259. The van der Waals surface area contributed by atoms with E-state index in [4.69, 9.17) is 14.7 Å². The second kappa shape index (κ2) is 22.0. The molecule has 6 aliphatic heterocycles. The molecule has 448 valence electrons. The number of pyridine rings is 2. The summed E-state index contributed by atoms with van der Waals surface area (Å²) in [5.41, 5.74) is 3.81. The molecule has 2 aliphatic carbocycles. The molecule has 0 radical (unpaired) electrons. The maximum absolute atomic E-state index is 13.3. The van der Waals surface area contributed by atoms with Gasteiger partial charge in [0.05, 0.1) is 23.8 Å². The highest BCUT2D eigenvalue weighted by Gasteiger charge is 2.56. The Bertz CT molecular complexity index is 3530. The maximum atomic E-state index is 13.3. The Balaban J connectivity index is 0.000000160. The lowest BCUT2D eigenvalue weighted by molar-refractivity contribution is -0.119. The molecule has 2 spiro atoms. The fraction of sp³-hybridized carbons (Fsp3) is 0.571. The van der Waals surface area contributed by atoms with Gasteiger partial charge in [0.2, 0.25) is 23.7 Å². The average molecular weight is 1160 g/mol. The molecule has 2 saturated carbocycles. The van der Waals surface area contributed by atoms with Crippen molar-refractivity contribution in [3.05, 3.63) is 72.6 Å². The Morgan fingerprint density at radius 1 is 0.576 bits per heavy atom. The van der Waals surface area contributed by atoms with E-state index in [1.165, 1.54) is 12.8 Å². The van der Waals surface area contributed by atoms with E-state index >= 15 is 0 Å². The van der Waals surface area contributed by atoms with Crippen molar-refractivity contribution in [2.24, 2.45) is 10.8 Å². The van der Waals surface area contributed by atoms with E-state index in [-0.39, 0.29) is 64.7 Å². The van der Waals surface area contributed by atoms with Crippen molar-refractivity contribution in [3.63, 3.8) is 0 Å². The van der Waals surface area contributed by atoms with Crippen LogP contribution in [0, 0.1) is 10.8 Å². The monoisotopic (exact) mass is 1160 g/mol. The number of amides is 5. The van der Waals surface area contributed by atoms with Crippen molar-refractivity contribution in [2.75, 3.05) is 61.7 Å². The van der Waals surface area contributed by atoms with E-state index < -0.39 is 5.60 Å². The molecule has 0 aromatic carbocycles. The third kappa shape index (κ3) is 11.0. The molecular formula is C63H80N16O6. The van der Waals surface area contributed by atoms with Crippen LogP contribution >= 0.6 is 0 Å². The first kappa shape index (κ1) is 56.4. The molecule has 8 aliphatic rings. The van der Waals surface area contributed by atoms with E-state index in [2.05, 4.69) is 45.0 Å². The lowest BCUT2D eigenvalue weighted by Gasteiger charge is -2.44. The summed E-state index contributed by atoms with van der Waals surface area (Å²) in [6, 6.07) is 13.2. The van der Waals surface area contributed by atoms with Crippen molar-refractivity contribution >= 4 is 86.7 Å². The molecular weight excluding hydrogens is 1080 g/mol. The molecule has 4 bridgehead atoms. The van der Waals surface area contributed by atoms with Gasteiger partial charge in [-0.05, 0) is 134 Å². The highest BCUT2D eigenvalue weighted by Crippen LogP contribution is 2.52. The fourth-order valence-corrected chi connectivity index (χ4v) is 15.7. The van der Waals surface area contributed by atoms with E-state index in [1.54, 1.807) is 62.8 Å². The Hall–Kier alpha value is -7.75. The number of ether oxygens (including phenoxy) is 1. The highest BCUT2D eigenvalue weighted by molar-refractivity contribution is 6.00. The van der Waals surface area contributed by atoms with Crippen LogP contribution in [0.1, 0.15) is 169 Å². The average Bonchev–Trinajstić information content (AvgIpc) is 4.45. The largest absolute Gasteiger partial charge is 0.444 e. The van der Waals surface area contributed by atoms with E-state index in [0.29, 0.717) is 66.4 Å². The Labute approximate surface area is 495 Å². The lowest BCUT2D eigenvalue weighted by atomic mass is 9.74. The number of fused-ring (bicyclic) bond motifs is 6. The zero-order chi connectivity index (χ0) is 59.1. The summed E-state index contributed by atoms with van der Waals surface area (Å²) in [5.74, 6) is 2.24. The van der Waals surface area contributed by atoms with Crippen molar-refractivity contribution in [2.45, 2.75) is 178 Å². The van der Waals surface area contributed by atoms with Crippen LogP contribution in [0.25, 0.3) is 22.1 Å². The zero-order valence-corrected chi connectivity index (χ0v) is 50.1. The first-order valence-electron chi connectivity index (χ1n) is 30.8. The predicted molar refractivity (Wildman–Crippen MR) is 323 cm³/mol. The normalized spacial score (nSPS) is 25.7. The maximum Gasteiger partial charge on any atom is 0.410 e. The van der Waals surface area contributed by atoms with Crippen LogP contribution in [-0.4, -0.2) is 155 Å². The van der Waals surface area contributed by atoms with Crippen LogP contribution in [0.4, 0.5) is 39.7 Å². The van der Waals surface area contributed by atoms with E-state index in [9.17, 15) is 24.0 Å². The fourth-order valence-electron chi connectivity index (χ4n) is 15.7. The summed E-state index contributed by atoms with van der Waals surface area (Å²) < 4.78 is 9.91. The van der Waals surface area contributed by atoms with Crippen LogP contribution in [0.15, 0.2) is 61.2 Å². The Morgan fingerprint density at radius 3 is 1.41 bits per heavy atom. The molecule has 85 heavy (non-hydrogen) atoms. The smallest absolute Gasteiger partial charge is 0.410 e. The number of rotatable bonds is 10. The predicted octanol–water partition coefficient (Wildman–Crippen LogP) is 9.70. The summed E-state index contributed by atoms with van der Waals surface area (Å²) >= 11 is 0. The minimum Gasteiger partial charge on any atom is -0.444 e. The summed E-state index contributed by atoms with van der Waals surface area (Å²) in [6.07, 6.45) is 24.8. The second-order valence-corrected chi connectivity index (χ2v) is 27.1. The minimum atomic E-state index is -0.532. The third-order valence-corrected chi connectivity index (χ3v) is 19.3. The first-order chi connectivity index (χ1) is 40.8. The van der Waals surface area contributed by atoms with Gasteiger partial charge in [0.15, 0.2) is 0 Å². The molecule has 6 aromatic heterocycles. The molecule has 22 nitrogen and oxygen atoms in total. The standard InChI is InChI=1S/C34H44N8O4.C29H36N8O2/c1-33(2,3)46-32(45)41-23-10-11-24(41)16-34(15-23)17-28(43)40(20-34)25-12-13-27(35-19-25)37-31-36-18-21-14-26(30(44)39(4)5)42(29(21)38-31)22-8-6-7-9-22;1-35(2)27(39)23-11-18-15-31-28(34-26(18)37(23)21-5-3-4-6-21)33-24-10-9-22(16-30-24)36-17-29(14-25(36)38)12-19-7-8-20(13-29)32-19/h12-14,18-19,22-24H,6-11,15-17,20H2,1-5H3,(H,35,36,37,38);9-11,15-16,19-21,32H,3-8,12-14,17H2,1-2H3,(H,30,31,33,34). The number of hydrogen-bond acceptors (Lipinski definition) is 15. The topological polar surface area (TPSA) is 234 Å². The SMILES string of the molecule is CN(C)C(=O)c1cc2cnc(Nc3ccc(N4CC5(CC4=O)CC4CCC(C5)N4)cn3)nc2n1C1CCCC1.CN(C)C(=O)c1cc2cnc(Nc3ccc(N4CC5(CC4=O)CC4CCC(C5)N4C(=O)OC(C)(C)C)cn3)nc2n1C1CCCC1. The number of hydrogen-bond donors (Lipinski definition) is 3. The van der Waals surface area contributed by atoms with Crippen molar-refractivity contribution < 1.29 is 28.7 Å². The number of nitrogens with zero attached hydrogens (tertiary/aromatic N) is 13. The molecule has 12 heterocycles. The number of aromatic nitrogens is 8. The van der Waals surface area contributed by atoms with Gasteiger partial charge in [-0.2, -0.15) is 9.97 Å². The highest BCUT2D eigenvalue weighted by atomic mass is 16.6. The number of piperidine rings is 2. The van der Waals surface area contributed by atoms with Gasteiger partial charge < -0.3 is 54.3 Å². The molecule has 4 unspecified atom stereocenters. The summed E-state index contributed by atoms with van der Waals surface area (Å²) in [6.45, 7) is 7.09. The molecule has 5 amide bonds. The van der Waals surface area contributed by atoms with E-state index in [0.717, 1.165) is 130 Å². The number of carbonyl (C=O) groups excluding carboxylic acids is 5. The van der Waals surface area contributed by atoms with Crippen LogP contribution in [0.3, 0.4) is 0 Å². The van der Waals surface area contributed by atoms with Crippen LogP contribution in [-0.2, 0) is 14.3 Å². The number of carbonyl (C=O) groups is 5. The number of nitrogens with one attached hydrogen (secondary N) is 3. The molecule has 22 heteroatoms. The molecule has 3 N–H and O–H groups in total. The Morgan fingerprint density at radius 2 is 1.01 bits per heavy atom. The summed E-state index contributed by atoms with van der Waals surface area (Å²) in [4.78, 5) is 102. The molecule has 6 aromatic rings. The van der Waals surface area contributed by atoms with Gasteiger partial charge in [-0.25, -0.2) is 24.7 Å². The summed E-state index contributed by atoms with van der Waals surface area (Å²) in [7, 11) is 7.08. The zero-order valence-electron chi connectivity index (χ0n) is 50.1. The first-order valence-corrected chi connectivity index (χ1v) is 30.8. The summed E-state index contributed by atoms with van der Waals surface area (Å²) in [5, 5.41) is 11.8. The molecule has 8 fully saturated rings. The molecule has 14 rings (SSSR count). The van der Waals surface area contributed by atoms with Crippen molar-refractivity contribution in [3.8, 4) is 0 Å². The van der Waals surface area contributed by atoms with E-state index in [1.807, 2.05) is 71.9 Å². The molecule has 6 saturated heterocycles. The van der Waals surface area contributed by atoms with Crippen LogP contribution in [0.5, 0.6) is 0 Å². The lowest BCUT2D eigenvalue weighted by Crippen LogP contribution is -2.52. The van der Waals surface area contributed by atoms with Gasteiger partial charge in [-0.3, -0.25) is 19.2 Å². The quantitative estimate of drug-likeness (QED) is 0.116. The second-order valence-electron chi connectivity index (χ2n) is 27.1. The van der Waals surface area contributed by atoms with Gasteiger partial charge in [0.1, 0.15) is 39.9 Å².